The van der Waals surface area contributed by atoms with Crippen LogP contribution in [0.2, 0.25) is 5.02 Å². The van der Waals surface area contributed by atoms with Gasteiger partial charge >= 0.3 is 0 Å². The summed E-state index contributed by atoms with van der Waals surface area (Å²) in [6.07, 6.45) is 0. The normalized spacial score (nSPS) is 11.7. The molecule has 0 saturated heterocycles. The fraction of sp³-hybridized carbons (Fsp3) is 0. The molecule has 3 aromatic rings. The third-order valence-corrected chi connectivity index (χ3v) is 5.59. The van der Waals surface area contributed by atoms with Crippen LogP contribution in [-0.4, -0.2) is 8.42 Å². The van der Waals surface area contributed by atoms with Crippen LogP contribution in [0.4, 0.5) is 5.69 Å². The monoisotopic (exact) mass is 317 g/mol. The predicted octanol–water partition coefficient (Wildman–Crippen LogP) is 3.91. The number of nitrogens with two attached hydrogens (primary N) is 1. The highest BCUT2D eigenvalue weighted by Gasteiger charge is 2.23. The molecule has 0 bridgehead atoms. The molecule has 0 aliphatic rings. The lowest BCUT2D eigenvalue weighted by molar-refractivity contribution is 0.596. The van der Waals surface area contributed by atoms with Crippen molar-refractivity contribution in [1.29, 1.82) is 0 Å². The lowest BCUT2D eigenvalue weighted by Crippen LogP contribution is -2.06. The van der Waals surface area contributed by atoms with Crippen LogP contribution in [0, 0.1) is 0 Å². The van der Waals surface area contributed by atoms with Crippen LogP contribution in [0.25, 0.3) is 10.8 Å². The van der Waals surface area contributed by atoms with E-state index in [0.717, 1.165) is 10.8 Å². The number of benzene rings is 3. The number of fused-ring (bicyclic) bond motifs is 1. The summed E-state index contributed by atoms with van der Waals surface area (Å²) in [5.74, 6) is 0. The number of halogens is 1. The van der Waals surface area contributed by atoms with Gasteiger partial charge in [0, 0.05) is 0 Å². The standard InChI is InChI=1S/C16H12ClNO2S/c17-14-6-3-7-15(18)16(14)21(19,20)13-9-8-11-4-1-2-5-12(11)10-13/h1-10H,18H2. The molecule has 2 N–H and O–H groups in total. The molecule has 106 valence electrons. The van der Waals surface area contributed by atoms with Gasteiger partial charge in [0.25, 0.3) is 0 Å². The summed E-state index contributed by atoms with van der Waals surface area (Å²) in [6, 6.07) is 17.2. The highest BCUT2D eigenvalue weighted by Crippen LogP contribution is 2.33. The van der Waals surface area contributed by atoms with Crippen molar-refractivity contribution < 1.29 is 8.42 Å². The fourth-order valence-electron chi connectivity index (χ4n) is 2.26. The number of rotatable bonds is 2. The quantitative estimate of drug-likeness (QED) is 0.729. The van der Waals surface area contributed by atoms with E-state index >= 15 is 0 Å². The van der Waals surface area contributed by atoms with Crippen LogP contribution in [0.1, 0.15) is 0 Å². The number of hydrogen-bond donors (Lipinski definition) is 1. The molecule has 0 saturated carbocycles. The van der Waals surface area contributed by atoms with Crippen molar-refractivity contribution in [2.75, 3.05) is 5.73 Å². The van der Waals surface area contributed by atoms with Gasteiger partial charge in [-0.25, -0.2) is 8.42 Å². The number of hydrogen-bond acceptors (Lipinski definition) is 3. The van der Waals surface area contributed by atoms with Gasteiger partial charge < -0.3 is 5.73 Å². The zero-order valence-electron chi connectivity index (χ0n) is 11.0. The van der Waals surface area contributed by atoms with E-state index in [0.29, 0.717) is 0 Å². The average Bonchev–Trinajstić information content (AvgIpc) is 2.46. The summed E-state index contributed by atoms with van der Waals surface area (Å²) < 4.78 is 25.5. The maximum atomic E-state index is 12.8. The van der Waals surface area contributed by atoms with Gasteiger partial charge in [0.05, 0.1) is 15.6 Å². The van der Waals surface area contributed by atoms with Gasteiger partial charge in [0.2, 0.25) is 9.84 Å². The van der Waals surface area contributed by atoms with Crippen LogP contribution in [0.3, 0.4) is 0 Å². The molecule has 3 aromatic carbocycles. The Morgan fingerprint density at radius 2 is 1.57 bits per heavy atom. The first-order valence-corrected chi connectivity index (χ1v) is 8.14. The number of nitrogen functional groups attached to an aromatic ring is 1. The molecule has 0 atom stereocenters. The van der Waals surface area contributed by atoms with Gasteiger partial charge in [-0.15, -0.1) is 0 Å². The van der Waals surface area contributed by atoms with Crippen molar-refractivity contribution in [2.24, 2.45) is 0 Å². The Labute approximate surface area is 127 Å². The Morgan fingerprint density at radius 1 is 0.857 bits per heavy atom. The zero-order chi connectivity index (χ0) is 15.0. The van der Waals surface area contributed by atoms with Crippen molar-refractivity contribution in [3.05, 3.63) is 65.7 Å². The molecule has 3 rings (SSSR count). The summed E-state index contributed by atoms with van der Waals surface area (Å²) in [7, 11) is -3.75. The minimum absolute atomic E-state index is 0.0399. The Morgan fingerprint density at radius 3 is 2.29 bits per heavy atom. The van der Waals surface area contributed by atoms with Gasteiger partial charge in [0.15, 0.2) is 0 Å². The van der Waals surface area contributed by atoms with E-state index in [1.54, 1.807) is 24.3 Å². The molecule has 0 unspecified atom stereocenters. The van der Waals surface area contributed by atoms with Crippen LogP contribution in [0.5, 0.6) is 0 Å². The molecule has 0 heterocycles. The van der Waals surface area contributed by atoms with E-state index in [1.165, 1.54) is 12.1 Å². The van der Waals surface area contributed by atoms with E-state index in [-0.39, 0.29) is 20.5 Å². The van der Waals surface area contributed by atoms with Crippen molar-refractivity contribution >= 4 is 37.9 Å². The van der Waals surface area contributed by atoms with Gasteiger partial charge in [-0.1, -0.05) is 48.0 Å². The van der Waals surface area contributed by atoms with E-state index in [4.69, 9.17) is 17.3 Å². The van der Waals surface area contributed by atoms with Gasteiger partial charge in [-0.05, 0) is 35.0 Å². The molecule has 3 nitrogen and oxygen atoms in total. The Hall–Kier alpha value is -2.04. The summed E-state index contributed by atoms with van der Waals surface area (Å²) in [5, 5.41) is 1.95. The highest BCUT2D eigenvalue weighted by molar-refractivity contribution is 7.91. The van der Waals surface area contributed by atoms with Crippen LogP contribution < -0.4 is 5.73 Å². The Balaban J connectivity index is 2.25. The Bertz CT molecular complexity index is 916. The first-order valence-electron chi connectivity index (χ1n) is 6.28. The van der Waals surface area contributed by atoms with Crippen molar-refractivity contribution in [1.82, 2.24) is 0 Å². The average molecular weight is 318 g/mol. The predicted molar refractivity (Wildman–Crippen MR) is 85.3 cm³/mol. The van der Waals surface area contributed by atoms with Crippen molar-refractivity contribution in [2.45, 2.75) is 9.79 Å². The zero-order valence-corrected chi connectivity index (χ0v) is 12.5. The fourth-order valence-corrected chi connectivity index (χ4v) is 4.22. The summed E-state index contributed by atoms with van der Waals surface area (Å²) in [5.41, 5.74) is 5.94. The molecule has 0 aromatic heterocycles. The second-order valence-corrected chi connectivity index (χ2v) is 6.96. The molecule has 21 heavy (non-hydrogen) atoms. The van der Waals surface area contributed by atoms with Gasteiger partial charge in [-0.2, -0.15) is 0 Å². The molecule has 0 aliphatic heterocycles. The molecule has 0 aliphatic carbocycles. The number of anilines is 1. The minimum atomic E-state index is -3.75. The van der Waals surface area contributed by atoms with Gasteiger partial charge in [-0.3, -0.25) is 0 Å². The first-order chi connectivity index (χ1) is 10.00. The maximum Gasteiger partial charge on any atom is 0.210 e. The first kappa shape index (κ1) is 13.9. The van der Waals surface area contributed by atoms with Crippen LogP contribution in [0.15, 0.2) is 70.5 Å². The lowest BCUT2D eigenvalue weighted by Gasteiger charge is -2.10. The molecular formula is C16H12ClNO2S. The van der Waals surface area contributed by atoms with Crippen molar-refractivity contribution in [3.63, 3.8) is 0 Å². The van der Waals surface area contributed by atoms with E-state index in [2.05, 4.69) is 0 Å². The van der Waals surface area contributed by atoms with E-state index in [9.17, 15) is 8.42 Å². The molecule has 0 fully saturated rings. The molecule has 5 heteroatoms. The SMILES string of the molecule is Nc1cccc(Cl)c1S(=O)(=O)c1ccc2ccccc2c1. The van der Waals surface area contributed by atoms with E-state index < -0.39 is 9.84 Å². The summed E-state index contributed by atoms with van der Waals surface area (Å²) in [6.45, 7) is 0. The molecular weight excluding hydrogens is 306 g/mol. The Kier molecular flexibility index (Phi) is 3.35. The third-order valence-electron chi connectivity index (χ3n) is 3.30. The van der Waals surface area contributed by atoms with Gasteiger partial charge in [0.1, 0.15) is 4.90 Å². The van der Waals surface area contributed by atoms with E-state index in [1.807, 2.05) is 24.3 Å². The molecule has 0 radical (unpaired) electrons. The smallest absolute Gasteiger partial charge is 0.210 e. The molecule has 0 spiro atoms. The maximum absolute atomic E-state index is 12.8. The minimum Gasteiger partial charge on any atom is -0.398 e. The summed E-state index contributed by atoms with van der Waals surface area (Å²) in [4.78, 5) is 0.142. The topological polar surface area (TPSA) is 60.2 Å². The molecule has 0 amide bonds. The second kappa shape index (κ2) is 5.06. The summed E-state index contributed by atoms with van der Waals surface area (Å²) >= 11 is 6.02. The number of sulfone groups is 1. The van der Waals surface area contributed by atoms with Crippen LogP contribution >= 0.6 is 11.6 Å². The largest absolute Gasteiger partial charge is 0.398 e. The third kappa shape index (κ3) is 2.37. The van der Waals surface area contributed by atoms with Crippen LogP contribution in [-0.2, 0) is 9.84 Å². The second-order valence-electron chi connectivity index (χ2n) is 4.67. The highest BCUT2D eigenvalue weighted by atomic mass is 35.5. The lowest BCUT2D eigenvalue weighted by atomic mass is 10.1. The van der Waals surface area contributed by atoms with Crippen molar-refractivity contribution in [3.8, 4) is 0 Å².